The van der Waals surface area contributed by atoms with Crippen LogP contribution in [0.3, 0.4) is 0 Å². The average molecular weight is 362 g/mol. The molecule has 2 aliphatic heterocycles. The van der Waals surface area contributed by atoms with Gasteiger partial charge in [0.2, 0.25) is 0 Å². The van der Waals surface area contributed by atoms with Crippen LogP contribution in [0, 0.1) is 0 Å². The smallest absolute Gasteiger partial charge is 0.0900 e. The van der Waals surface area contributed by atoms with Gasteiger partial charge in [-0.15, -0.1) is 0 Å². The predicted molar refractivity (Wildman–Crippen MR) is 93.0 cm³/mol. The number of morpholine rings is 2. The standard InChI is InChI=1S/C17H34N2O6/c20-17(15-19-4-9-22-10-5-19)16-25-14-13-24-12-11-23-8-3-18-1-6-21-7-2-18/h17,20H,1-16H2/t17-/m0/s1. The molecular weight excluding hydrogens is 328 g/mol. The first-order chi connectivity index (χ1) is 12.3. The third-order valence-corrected chi connectivity index (χ3v) is 4.28. The van der Waals surface area contributed by atoms with E-state index in [1.165, 1.54) is 0 Å². The topological polar surface area (TPSA) is 72.9 Å². The fourth-order valence-corrected chi connectivity index (χ4v) is 2.81. The SMILES string of the molecule is O[C@H](COCCOCCOCCN1CCOCC1)CN1CCOCC1. The minimum atomic E-state index is -0.457. The fraction of sp³-hybridized carbons (Fsp3) is 1.00. The molecule has 0 radical (unpaired) electrons. The highest BCUT2D eigenvalue weighted by Gasteiger charge is 2.14. The van der Waals surface area contributed by atoms with Crippen LogP contribution in [-0.2, 0) is 23.7 Å². The molecule has 8 heteroatoms. The maximum Gasteiger partial charge on any atom is 0.0900 e. The molecule has 148 valence electrons. The lowest BCUT2D eigenvalue weighted by Crippen LogP contribution is -2.42. The number of nitrogens with zero attached hydrogens (tertiary/aromatic N) is 2. The van der Waals surface area contributed by atoms with Crippen molar-refractivity contribution in [2.75, 3.05) is 105 Å². The lowest BCUT2D eigenvalue weighted by atomic mass is 10.3. The molecule has 0 aromatic carbocycles. The van der Waals surface area contributed by atoms with Gasteiger partial charge in [0.05, 0.1) is 72.2 Å². The van der Waals surface area contributed by atoms with Crippen molar-refractivity contribution in [3.05, 3.63) is 0 Å². The molecule has 0 amide bonds. The predicted octanol–water partition coefficient (Wildman–Crippen LogP) is -0.938. The monoisotopic (exact) mass is 362 g/mol. The number of ether oxygens (including phenoxy) is 5. The second-order valence-electron chi connectivity index (χ2n) is 6.32. The number of aliphatic hydroxyl groups is 1. The molecule has 0 bridgehead atoms. The Morgan fingerprint density at radius 2 is 1.24 bits per heavy atom. The van der Waals surface area contributed by atoms with Crippen molar-refractivity contribution in [1.82, 2.24) is 9.80 Å². The normalized spacial score (nSPS) is 21.5. The molecule has 2 heterocycles. The molecule has 0 aliphatic carbocycles. The zero-order valence-electron chi connectivity index (χ0n) is 15.3. The molecule has 0 aromatic rings. The summed E-state index contributed by atoms with van der Waals surface area (Å²) >= 11 is 0. The number of hydrogen-bond acceptors (Lipinski definition) is 8. The maximum atomic E-state index is 9.93. The van der Waals surface area contributed by atoms with Crippen molar-refractivity contribution < 1.29 is 28.8 Å². The third kappa shape index (κ3) is 10.4. The molecule has 0 spiro atoms. The number of rotatable bonds is 13. The van der Waals surface area contributed by atoms with Crippen LogP contribution in [0.25, 0.3) is 0 Å². The molecule has 2 fully saturated rings. The van der Waals surface area contributed by atoms with Crippen LogP contribution in [0.2, 0.25) is 0 Å². The molecule has 0 aromatic heterocycles. The lowest BCUT2D eigenvalue weighted by Gasteiger charge is -2.28. The molecule has 0 saturated carbocycles. The van der Waals surface area contributed by atoms with E-state index in [-0.39, 0.29) is 0 Å². The Labute approximate surface area is 150 Å². The van der Waals surface area contributed by atoms with Gasteiger partial charge < -0.3 is 28.8 Å². The largest absolute Gasteiger partial charge is 0.389 e. The summed E-state index contributed by atoms with van der Waals surface area (Å²) < 4.78 is 27.1. The maximum absolute atomic E-state index is 9.93. The van der Waals surface area contributed by atoms with E-state index < -0.39 is 6.10 Å². The van der Waals surface area contributed by atoms with Crippen LogP contribution in [0.5, 0.6) is 0 Å². The number of hydrogen-bond donors (Lipinski definition) is 1. The summed E-state index contributed by atoms with van der Waals surface area (Å²) in [4.78, 5) is 4.54. The molecule has 1 N–H and O–H groups in total. The Morgan fingerprint density at radius 1 is 0.720 bits per heavy atom. The third-order valence-electron chi connectivity index (χ3n) is 4.28. The Balaban J connectivity index is 1.30. The van der Waals surface area contributed by atoms with E-state index in [4.69, 9.17) is 23.7 Å². The molecule has 2 aliphatic rings. The summed E-state index contributed by atoms with van der Waals surface area (Å²) in [5.74, 6) is 0. The van der Waals surface area contributed by atoms with Crippen molar-refractivity contribution in [3.8, 4) is 0 Å². The highest BCUT2D eigenvalue weighted by molar-refractivity contribution is 4.66. The summed E-state index contributed by atoms with van der Waals surface area (Å²) in [6, 6.07) is 0. The molecule has 0 unspecified atom stereocenters. The average Bonchev–Trinajstić information content (AvgIpc) is 2.65. The van der Waals surface area contributed by atoms with Crippen LogP contribution in [-0.4, -0.2) is 126 Å². The molecule has 25 heavy (non-hydrogen) atoms. The first-order valence-corrected chi connectivity index (χ1v) is 9.36. The van der Waals surface area contributed by atoms with E-state index >= 15 is 0 Å². The van der Waals surface area contributed by atoms with E-state index in [1.54, 1.807) is 0 Å². The molecule has 2 rings (SSSR count). The second-order valence-corrected chi connectivity index (χ2v) is 6.32. The van der Waals surface area contributed by atoms with Gasteiger partial charge in [0.1, 0.15) is 0 Å². The highest BCUT2D eigenvalue weighted by Crippen LogP contribution is 1.99. The van der Waals surface area contributed by atoms with Crippen LogP contribution in [0.4, 0.5) is 0 Å². The van der Waals surface area contributed by atoms with Crippen molar-refractivity contribution in [3.63, 3.8) is 0 Å². The van der Waals surface area contributed by atoms with Gasteiger partial charge >= 0.3 is 0 Å². The van der Waals surface area contributed by atoms with Gasteiger partial charge in [-0.1, -0.05) is 0 Å². The lowest BCUT2D eigenvalue weighted by molar-refractivity contribution is -0.0316. The van der Waals surface area contributed by atoms with E-state index in [1.807, 2.05) is 0 Å². The van der Waals surface area contributed by atoms with E-state index in [2.05, 4.69) is 9.80 Å². The van der Waals surface area contributed by atoms with Gasteiger partial charge in [-0.05, 0) is 0 Å². The summed E-state index contributed by atoms with van der Waals surface area (Å²) in [5.41, 5.74) is 0. The van der Waals surface area contributed by atoms with Crippen molar-refractivity contribution >= 4 is 0 Å². The van der Waals surface area contributed by atoms with Gasteiger partial charge in [-0.2, -0.15) is 0 Å². The fourth-order valence-electron chi connectivity index (χ4n) is 2.81. The quantitative estimate of drug-likeness (QED) is 0.421. The van der Waals surface area contributed by atoms with Gasteiger partial charge in [-0.3, -0.25) is 9.80 Å². The number of β-amino-alcohol motifs (C(OH)–C–C–N with tert-alkyl or cyclic N) is 1. The van der Waals surface area contributed by atoms with Gasteiger partial charge in [0, 0.05) is 39.3 Å². The zero-order valence-corrected chi connectivity index (χ0v) is 15.3. The van der Waals surface area contributed by atoms with Crippen LogP contribution in [0.1, 0.15) is 0 Å². The minimum Gasteiger partial charge on any atom is -0.389 e. The molecule has 2 saturated heterocycles. The summed E-state index contributed by atoms with van der Waals surface area (Å²) in [6.45, 7) is 11.7. The first-order valence-electron chi connectivity index (χ1n) is 9.36. The Morgan fingerprint density at radius 3 is 1.88 bits per heavy atom. The number of aliphatic hydroxyl groups excluding tert-OH is 1. The zero-order chi connectivity index (χ0) is 17.6. The summed E-state index contributed by atoms with van der Waals surface area (Å²) in [7, 11) is 0. The van der Waals surface area contributed by atoms with Gasteiger partial charge in [0.25, 0.3) is 0 Å². The highest BCUT2D eigenvalue weighted by atomic mass is 16.5. The van der Waals surface area contributed by atoms with Crippen molar-refractivity contribution in [2.24, 2.45) is 0 Å². The first kappa shape index (κ1) is 21.0. The second kappa shape index (κ2) is 13.8. The Bertz CT molecular complexity index is 312. The van der Waals surface area contributed by atoms with Crippen molar-refractivity contribution in [1.29, 1.82) is 0 Å². The Kier molecular flexibility index (Phi) is 11.6. The van der Waals surface area contributed by atoms with Gasteiger partial charge in [-0.25, -0.2) is 0 Å². The molecule has 8 nitrogen and oxygen atoms in total. The van der Waals surface area contributed by atoms with Gasteiger partial charge in [0.15, 0.2) is 0 Å². The van der Waals surface area contributed by atoms with Crippen molar-refractivity contribution in [2.45, 2.75) is 6.10 Å². The summed E-state index contributed by atoms with van der Waals surface area (Å²) in [5, 5.41) is 9.93. The summed E-state index contributed by atoms with van der Waals surface area (Å²) in [6.07, 6.45) is -0.457. The van der Waals surface area contributed by atoms with Crippen LogP contribution in [0.15, 0.2) is 0 Å². The minimum absolute atomic E-state index is 0.344. The van der Waals surface area contributed by atoms with Crippen LogP contribution < -0.4 is 0 Å². The van der Waals surface area contributed by atoms with E-state index in [0.29, 0.717) is 39.6 Å². The van der Waals surface area contributed by atoms with Crippen LogP contribution >= 0.6 is 0 Å². The Hall–Kier alpha value is -0.320. The van der Waals surface area contributed by atoms with E-state index in [9.17, 15) is 5.11 Å². The molecule has 1 atom stereocenters. The van der Waals surface area contributed by atoms with E-state index in [0.717, 1.165) is 65.8 Å². The molecular formula is C17H34N2O6.